The van der Waals surface area contributed by atoms with E-state index in [1.807, 2.05) is 54.6 Å². The van der Waals surface area contributed by atoms with Gasteiger partial charge in [-0.1, -0.05) is 65.6 Å². The van der Waals surface area contributed by atoms with Crippen molar-refractivity contribution in [1.29, 1.82) is 0 Å². The molecule has 6 rings (SSSR count). The van der Waals surface area contributed by atoms with E-state index in [0.717, 1.165) is 36.6 Å². The summed E-state index contributed by atoms with van der Waals surface area (Å²) < 4.78 is 7.98. The molecule has 35 heavy (non-hydrogen) atoms. The Morgan fingerprint density at radius 3 is 2.77 bits per heavy atom. The number of carbonyl (C=O) groups excluding carboxylic acids is 1. The topological polar surface area (TPSA) is 86.5 Å². The lowest BCUT2D eigenvalue weighted by Gasteiger charge is -2.06. The van der Waals surface area contributed by atoms with Crippen LogP contribution in [-0.2, 0) is 16.1 Å². The summed E-state index contributed by atoms with van der Waals surface area (Å²) >= 11 is 4.29. The minimum absolute atomic E-state index is 0.0632. The van der Waals surface area contributed by atoms with Gasteiger partial charge in [-0.25, -0.2) is 15.0 Å². The third kappa shape index (κ3) is 4.20. The molecule has 6 aromatic rings. The number of para-hydroxylation sites is 1. The first-order valence-electron chi connectivity index (χ1n) is 10.6. The van der Waals surface area contributed by atoms with Gasteiger partial charge in [-0.15, -0.1) is 11.3 Å². The highest BCUT2D eigenvalue weighted by atomic mass is 32.2. The molecule has 0 saturated heterocycles. The van der Waals surface area contributed by atoms with Gasteiger partial charge in [-0.3, -0.25) is 14.0 Å². The van der Waals surface area contributed by atoms with E-state index in [1.165, 1.54) is 35.5 Å². The number of esters is 1. The number of thioether (sulfide) groups is 1. The Morgan fingerprint density at radius 2 is 1.89 bits per heavy atom. The predicted molar refractivity (Wildman–Crippen MR) is 140 cm³/mol. The van der Waals surface area contributed by atoms with Crippen LogP contribution >= 0.6 is 34.4 Å². The average molecular weight is 517 g/mol. The molecular weight excluding hydrogens is 501 g/mol. The number of thiophene rings is 1. The van der Waals surface area contributed by atoms with Crippen molar-refractivity contribution in [2.75, 3.05) is 5.75 Å². The average Bonchev–Trinajstić information content (AvgIpc) is 3.49. The molecule has 0 saturated carbocycles. The number of ether oxygens (including phenoxy) is 1. The van der Waals surface area contributed by atoms with Crippen LogP contribution in [0.4, 0.5) is 0 Å². The number of hydrogen-bond acceptors (Lipinski definition) is 9. The Balaban J connectivity index is 1.18. The lowest BCUT2D eigenvalue weighted by molar-refractivity contribution is -0.141. The maximum atomic E-state index is 12.6. The molecule has 0 spiro atoms. The van der Waals surface area contributed by atoms with Crippen LogP contribution in [0.25, 0.3) is 36.5 Å². The van der Waals surface area contributed by atoms with Crippen LogP contribution in [0.3, 0.4) is 0 Å². The van der Waals surface area contributed by atoms with Crippen molar-refractivity contribution in [3.8, 4) is 11.1 Å². The van der Waals surface area contributed by atoms with Crippen molar-refractivity contribution >= 4 is 65.8 Å². The van der Waals surface area contributed by atoms with Crippen LogP contribution in [0, 0.1) is 0 Å². The summed E-state index contributed by atoms with van der Waals surface area (Å²) in [5, 5.41) is 3.73. The molecule has 0 aliphatic heterocycles. The van der Waals surface area contributed by atoms with E-state index in [1.54, 1.807) is 15.7 Å². The quantitative estimate of drug-likeness (QED) is 0.166. The van der Waals surface area contributed by atoms with Crippen LogP contribution < -0.4 is 5.56 Å². The van der Waals surface area contributed by atoms with Gasteiger partial charge in [0.2, 0.25) is 0 Å². The van der Waals surface area contributed by atoms with E-state index in [-0.39, 0.29) is 17.9 Å². The van der Waals surface area contributed by atoms with E-state index in [4.69, 9.17) is 4.74 Å². The van der Waals surface area contributed by atoms with Crippen LogP contribution in [-0.4, -0.2) is 31.1 Å². The Hall–Kier alpha value is -3.60. The van der Waals surface area contributed by atoms with Crippen LogP contribution in [0.2, 0.25) is 0 Å². The molecule has 10 heteroatoms. The molecule has 0 atom stereocenters. The molecule has 0 amide bonds. The molecule has 0 fully saturated rings. The van der Waals surface area contributed by atoms with Gasteiger partial charge >= 0.3 is 5.97 Å². The molecule has 7 nitrogen and oxygen atoms in total. The largest absolute Gasteiger partial charge is 0.459 e. The number of nitrogens with zero attached hydrogens (tertiary/aromatic N) is 4. The molecule has 0 aliphatic carbocycles. The Kier molecular flexibility index (Phi) is 5.77. The van der Waals surface area contributed by atoms with E-state index in [2.05, 4.69) is 20.3 Å². The molecule has 0 radical (unpaired) electrons. The molecule has 4 heterocycles. The molecule has 2 aromatic carbocycles. The van der Waals surface area contributed by atoms with Gasteiger partial charge in [0.1, 0.15) is 22.8 Å². The standard InChI is InChI=1S/C25H16N4O3S3/c30-20-10-16(28-25-29(20)18-8-4-5-9-19(18)35-25)11-32-21(31)13-34-24-22-17(15-6-2-1-3-7-15)12-33-23(22)26-14-27-24/h1-10,12,14H,11,13H2. The van der Waals surface area contributed by atoms with E-state index in [9.17, 15) is 9.59 Å². The second kappa shape index (κ2) is 9.21. The summed E-state index contributed by atoms with van der Waals surface area (Å²) in [6.07, 6.45) is 1.51. The van der Waals surface area contributed by atoms with Crippen molar-refractivity contribution in [1.82, 2.24) is 19.4 Å². The zero-order valence-corrected chi connectivity index (χ0v) is 20.5. The zero-order valence-electron chi connectivity index (χ0n) is 18.1. The molecule has 0 unspecified atom stereocenters. The highest BCUT2D eigenvalue weighted by Crippen LogP contribution is 2.37. The number of rotatable bonds is 6. The minimum atomic E-state index is -0.406. The van der Waals surface area contributed by atoms with Crippen LogP contribution in [0.15, 0.2) is 82.2 Å². The van der Waals surface area contributed by atoms with Crippen LogP contribution in [0.5, 0.6) is 0 Å². The summed E-state index contributed by atoms with van der Waals surface area (Å²) in [7, 11) is 0. The third-order valence-corrected chi connectivity index (χ3v) is 8.25. The summed E-state index contributed by atoms with van der Waals surface area (Å²) in [4.78, 5) is 39.9. The van der Waals surface area contributed by atoms with Gasteiger partial charge in [0.15, 0.2) is 4.96 Å². The number of carbonyl (C=O) groups is 1. The van der Waals surface area contributed by atoms with Gasteiger partial charge in [-0.2, -0.15) is 0 Å². The highest BCUT2D eigenvalue weighted by Gasteiger charge is 2.16. The molecule has 0 aliphatic rings. The van der Waals surface area contributed by atoms with Crippen molar-refractivity contribution in [2.45, 2.75) is 11.6 Å². The van der Waals surface area contributed by atoms with Crippen molar-refractivity contribution in [2.24, 2.45) is 0 Å². The Morgan fingerprint density at radius 1 is 1.06 bits per heavy atom. The summed E-state index contributed by atoms with van der Waals surface area (Å²) in [6, 6.07) is 19.1. The van der Waals surface area contributed by atoms with E-state index < -0.39 is 5.97 Å². The van der Waals surface area contributed by atoms with E-state index >= 15 is 0 Å². The fourth-order valence-electron chi connectivity index (χ4n) is 3.81. The Labute approximate surface area is 211 Å². The SMILES string of the molecule is O=C(CSc1ncnc2scc(-c3ccccc3)c12)OCc1cc(=O)n2c(n1)sc1ccccc12. The van der Waals surface area contributed by atoms with Crippen molar-refractivity contribution < 1.29 is 9.53 Å². The van der Waals surface area contributed by atoms with Crippen molar-refractivity contribution in [3.63, 3.8) is 0 Å². The third-order valence-electron chi connectivity index (χ3n) is 5.38. The zero-order chi connectivity index (χ0) is 23.8. The molecule has 4 aromatic heterocycles. The maximum Gasteiger partial charge on any atom is 0.316 e. The normalized spacial score (nSPS) is 11.4. The number of thiazole rings is 1. The van der Waals surface area contributed by atoms with Gasteiger partial charge in [-0.05, 0) is 17.7 Å². The lowest BCUT2D eigenvalue weighted by atomic mass is 10.1. The maximum absolute atomic E-state index is 12.6. The van der Waals surface area contributed by atoms with Gasteiger partial charge in [0.25, 0.3) is 5.56 Å². The Bertz CT molecular complexity index is 1760. The molecule has 0 bridgehead atoms. The fraction of sp³-hybridized carbons (Fsp3) is 0.0800. The van der Waals surface area contributed by atoms with Gasteiger partial charge < -0.3 is 4.74 Å². The number of aromatic nitrogens is 4. The summed E-state index contributed by atoms with van der Waals surface area (Å²) in [5.41, 5.74) is 3.18. The minimum Gasteiger partial charge on any atom is -0.459 e. The first-order valence-corrected chi connectivity index (χ1v) is 13.3. The predicted octanol–water partition coefficient (Wildman–Crippen LogP) is 5.42. The van der Waals surface area contributed by atoms with Gasteiger partial charge in [0.05, 0.1) is 27.0 Å². The summed E-state index contributed by atoms with van der Waals surface area (Å²) in [6.45, 7) is -0.0632. The molecule has 0 N–H and O–H groups in total. The number of fused-ring (bicyclic) bond motifs is 4. The fourth-order valence-corrected chi connectivity index (χ4v) is 6.65. The second-order valence-corrected chi connectivity index (χ2v) is 10.4. The monoisotopic (exact) mass is 516 g/mol. The van der Waals surface area contributed by atoms with E-state index in [0.29, 0.717) is 10.7 Å². The summed E-state index contributed by atoms with van der Waals surface area (Å²) in [5.74, 6) is -0.322. The number of benzene rings is 2. The smallest absolute Gasteiger partial charge is 0.316 e. The number of hydrogen-bond donors (Lipinski definition) is 0. The second-order valence-electron chi connectivity index (χ2n) is 7.60. The molecule has 172 valence electrons. The first kappa shape index (κ1) is 21.9. The highest BCUT2D eigenvalue weighted by molar-refractivity contribution is 8.00. The first-order chi connectivity index (χ1) is 17.2. The molecular formula is C25H16N4O3S3. The van der Waals surface area contributed by atoms with Crippen LogP contribution in [0.1, 0.15) is 5.69 Å². The van der Waals surface area contributed by atoms with Crippen molar-refractivity contribution in [3.05, 3.63) is 88.4 Å². The van der Waals surface area contributed by atoms with Gasteiger partial charge in [0, 0.05) is 17.0 Å². The lowest BCUT2D eigenvalue weighted by Crippen LogP contribution is -2.15.